The largest absolute Gasteiger partial charge is 0.384 e. The van der Waals surface area contributed by atoms with Gasteiger partial charge in [0.1, 0.15) is 17.5 Å². The topological polar surface area (TPSA) is 67.6 Å². The quantitative estimate of drug-likeness (QED) is 0.738. The van der Waals surface area contributed by atoms with Crippen molar-refractivity contribution in [2.75, 3.05) is 5.73 Å². The van der Waals surface area contributed by atoms with Crippen LogP contribution in [-0.2, 0) is 0 Å². The summed E-state index contributed by atoms with van der Waals surface area (Å²) in [6.45, 7) is 0. The molecule has 0 unspecified atom stereocenters. The number of H-pyrrole nitrogens is 1. The van der Waals surface area contributed by atoms with Crippen molar-refractivity contribution in [3.8, 4) is 22.6 Å². The molecule has 0 bridgehead atoms. The summed E-state index contributed by atoms with van der Waals surface area (Å²) in [5.74, 6) is 0.885. The number of pyridine rings is 1. The van der Waals surface area contributed by atoms with Crippen molar-refractivity contribution in [2.45, 2.75) is 0 Å². The van der Waals surface area contributed by atoms with Crippen molar-refractivity contribution in [2.24, 2.45) is 0 Å². The van der Waals surface area contributed by atoms with Gasteiger partial charge < -0.3 is 10.7 Å². The second kappa shape index (κ2) is 4.53. The molecule has 0 spiro atoms. The number of benzene rings is 1. The highest BCUT2D eigenvalue weighted by atomic mass is 19.1. The zero-order chi connectivity index (χ0) is 13.2. The summed E-state index contributed by atoms with van der Waals surface area (Å²) in [7, 11) is 0. The summed E-state index contributed by atoms with van der Waals surface area (Å²) < 4.78 is 12.9. The fraction of sp³-hybridized carbons (Fsp3) is 0. The van der Waals surface area contributed by atoms with Crippen molar-refractivity contribution in [1.29, 1.82) is 0 Å². The van der Waals surface area contributed by atoms with Crippen molar-refractivity contribution in [1.82, 2.24) is 15.0 Å². The van der Waals surface area contributed by atoms with Gasteiger partial charge in [-0.25, -0.2) is 14.4 Å². The van der Waals surface area contributed by atoms with E-state index in [9.17, 15) is 4.39 Å². The van der Waals surface area contributed by atoms with E-state index in [2.05, 4.69) is 15.0 Å². The highest BCUT2D eigenvalue weighted by molar-refractivity contribution is 5.65. The van der Waals surface area contributed by atoms with Crippen LogP contribution in [-0.4, -0.2) is 15.0 Å². The van der Waals surface area contributed by atoms with Crippen molar-refractivity contribution >= 4 is 5.82 Å². The number of nitrogens with one attached hydrogen (secondary N) is 1. The molecule has 5 heteroatoms. The summed E-state index contributed by atoms with van der Waals surface area (Å²) in [5, 5.41) is 0. The van der Waals surface area contributed by atoms with Crippen LogP contribution < -0.4 is 5.73 Å². The van der Waals surface area contributed by atoms with Crippen LogP contribution in [0.25, 0.3) is 22.6 Å². The van der Waals surface area contributed by atoms with Crippen LogP contribution in [0.3, 0.4) is 0 Å². The van der Waals surface area contributed by atoms with E-state index >= 15 is 0 Å². The molecule has 0 amide bonds. The summed E-state index contributed by atoms with van der Waals surface area (Å²) in [4.78, 5) is 11.4. The van der Waals surface area contributed by atoms with Crippen LogP contribution in [0.5, 0.6) is 0 Å². The van der Waals surface area contributed by atoms with Gasteiger partial charge in [-0.05, 0) is 42.0 Å². The molecule has 3 rings (SSSR count). The average Bonchev–Trinajstić information content (AvgIpc) is 2.89. The summed E-state index contributed by atoms with van der Waals surface area (Å²) >= 11 is 0. The number of nitrogen functional groups attached to an aromatic ring is 1. The predicted octanol–water partition coefficient (Wildman–Crippen LogP) is 2.86. The highest BCUT2D eigenvalue weighted by Gasteiger charge is 2.06. The van der Waals surface area contributed by atoms with Crippen LogP contribution in [0.1, 0.15) is 0 Å². The third-order valence-electron chi connectivity index (χ3n) is 2.79. The molecule has 0 aliphatic rings. The molecule has 0 saturated carbocycles. The van der Waals surface area contributed by atoms with E-state index in [1.165, 1.54) is 12.1 Å². The maximum atomic E-state index is 12.9. The maximum Gasteiger partial charge on any atom is 0.137 e. The first-order valence-electron chi connectivity index (χ1n) is 5.75. The summed E-state index contributed by atoms with van der Waals surface area (Å²) in [5.41, 5.74) is 8.20. The van der Waals surface area contributed by atoms with E-state index in [-0.39, 0.29) is 5.82 Å². The molecule has 19 heavy (non-hydrogen) atoms. The van der Waals surface area contributed by atoms with Gasteiger partial charge in [-0.15, -0.1) is 0 Å². The zero-order valence-corrected chi connectivity index (χ0v) is 9.97. The first-order chi connectivity index (χ1) is 9.22. The number of hydrogen-bond donors (Lipinski definition) is 2. The molecule has 2 heterocycles. The number of anilines is 1. The Morgan fingerprint density at radius 1 is 1.00 bits per heavy atom. The number of aromatic nitrogens is 3. The molecule has 0 aliphatic carbocycles. The predicted molar refractivity (Wildman–Crippen MR) is 71.6 cm³/mol. The Hall–Kier alpha value is -2.69. The smallest absolute Gasteiger partial charge is 0.137 e. The lowest BCUT2D eigenvalue weighted by Gasteiger charge is -1.99. The number of nitrogens with zero attached hydrogens (tertiary/aromatic N) is 2. The van der Waals surface area contributed by atoms with Crippen molar-refractivity contribution < 1.29 is 4.39 Å². The number of aromatic amines is 1. The fourth-order valence-electron chi connectivity index (χ4n) is 1.84. The Morgan fingerprint density at radius 3 is 2.53 bits per heavy atom. The third-order valence-corrected chi connectivity index (χ3v) is 2.79. The Morgan fingerprint density at radius 2 is 1.79 bits per heavy atom. The molecular formula is C14H11FN4. The molecule has 94 valence electrons. The molecule has 0 atom stereocenters. The number of hydrogen-bond acceptors (Lipinski definition) is 3. The zero-order valence-electron chi connectivity index (χ0n) is 9.97. The number of imidazole rings is 1. The highest BCUT2D eigenvalue weighted by Crippen LogP contribution is 2.22. The molecule has 0 saturated heterocycles. The molecule has 0 fully saturated rings. The first kappa shape index (κ1) is 11.4. The molecule has 0 radical (unpaired) electrons. The van der Waals surface area contributed by atoms with E-state index in [0.29, 0.717) is 11.6 Å². The van der Waals surface area contributed by atoms with Crippen LogP contribution in [0.2, 0.25) is 0 Å². The van der Waals surface area contributed by atoms with E-state index in [1.54, 1.807) is 30.6 Å². The minimum absolute atomic E-state index is 0.259. The van der Waals surface area contributed by atoms with Gasteiger partial charge in [-0.2, -0.15) is 0 Å². The lowest BCUT2D eigenvalue weighted by molar-refractivity contribution is 0.628. The minimum Gasteiger partial charge on any atom is -0.384 e. The van der Waals surface area contributed by atoms with Gasteiger partial charge in [0.2, 0.25) is 0 Å². The van der Waals surface area contributed by atoms with Gasteiger partial charge in [0.25, 0.3) is 0 Å². The normalized spacial score (nSPS) is 10.6. The number of halogens is 1. The standard InChI is InChI=1S/C14H11FN4/c15-11-3-1-9(2-4-11)12-8-18-14(19-12)10-5-6-17-13(16)7-10/h1-8H,(H2,16,17)(H,18,19). The minimum atomic E-state index is -0.259. The SMILES string of the molecule is Nc1cc(-c2ncc(-c3ccc(F)cc3)[nH]2)ccn1. The Balaban J connectivity index is 1.97. The second-order valence-corrected chi connectivity index (χ2v) is 4.12. The lowest BCUT2D eigenvalue weighted by Crippen LogP contribution is -1.90. The van der Waals surface area contributed by atoms with Gasteiger partial charge in [0, 0.05) is 11.8 Å². The molecular weight excluding hydrogens is 243 g/mol. The van der Waals surface area contributed by atoms with Crippen molar-refractivity contribution in [3.63, 3.8) is 0 Å². The first-order valence-corrected chi connectivity index (χ1v) is 5.75. The molecule has 2 aromatic heterocycles. The third kappa shape index (κ3) is 2.30. The van der Waals surface area contributed by atoms with Crippen LogP contribution >= 0.6 is 0 Å². The Kier molecular flexibility index (Phi) is 2.72. The number of nitrogens with two attached hydrogens (primary N) is 1. The van der Waals surface area contributed by atoms with E-state index in [1.807, 2.05) is 6.07 Å². The van der Waals surface area contributed by atoms with Crippen LogP contribution in [0.15, 0.2) is 48.8 Å². The second-order valence-electron chi connectivity index (χ2n) is 4.12. The monoisotopic (exact) mass is 254 g/mol. The Labute approximate surface area is 109 Å². The fourth-order valence-corrected chi connectivity index (χ4v) is 1.84. The van der Waals surface area contributed by atoms with Gasteiger partial charge in [0.15, 0.2) is 0 Å². The van der Waals surface area contributed by atoms with E-state index in [4.69, 9.17) is 5.73 Å². The maximum absolute atomic E-state index is 12.9. The van der Waals surface area contributed by atoms with Gasteiger partial charge in [-0.1, -0.05) is 0 Å². The molecule has 3 N–H and O–H groups in total. The Bertz CT molecular complexity index is 703. The summed E-state index contributed by atoms with van der Waals surface area (Å²) in [6, 6.07) is 9.80. The van der Waals surface area contributed by atoms with Gasteiger partial charge in [0.05, 0.1) is 11.9 Å². The van der Waals surface area contributed by atoms with E-state index in [0.717, 1.165) is 16.8 Å². The van der Waals surface area contributed by atoms with Crippen LogP contribution in [0, 0.1) is 5.82 Å². The van der Waals surface area contributed by atoms with Gasteiger partial charge in [-0.3, -0.25) is 0 Å². The van der Waals surface area contributed by atoms with E-state index < -0.39 is 0 Å². The van der Waals surface area contributed by atoms with Crippen molar-refractivity contribution in [3.05, 3.63) is 54.6 Å². The van der Waals surface area contributed by atoms with Crippen LogP contribution in [0.4, 0.5) is 10.2 Å². The summed E-state index contributed by atoms with van der Waals surface area (Å²) in [6.07, 6.45) is 3.34. The molecule has 0 aliphatic heterocycles. The van der Waals surface area contributed by atoms with Gasteiger partial charge >= 0.3 is 0 Å². The molecule has 3 aromatic rings. The molecule has 4 nitrogen and oxygen atoms in total. The lowest BCUT2D eigenvalue weighted by atomic mass is 10.2. The number of rotatable bonds is 2. The average molecular weight is 254 g/mol. The molecule has 1 aromatic carbocycles.